The minimum atomic E-state index is 0.0373. The van der Waals surface area contributed by atoms with Gasteiger partial charge in [-0.2, -0.15) is 0 Å². The van der Waals surface area contributed by atoms with Crippen LogP contribution in [-0.4, -0.2) is 9.55 Å². The minimum absolute atomic E-state index is 0.0373. The van der Waals surface area contributed by atoms with Crippen LogP contribution in [0, 0.1) is 18.3 Å². The summed E-state index contributed by atoms with van der Waals surface area (Å²) in [6, 6.07) is 0.0373. The van der Waals surface area contributed by atoms with Gasteiger partial charge in [0.2, 0.25) is 0 Å². The van der Waals surface area contributed by atoms with Gasteiger partial charge in [-0.15, -0.1) is 12.3 Å². The zero-order valence-corrected chi connectivity index (χ0v) is 8.77. The fourth-order valence-corrected chi connectivity index (χ4v) is 1.32. The van der Waals surface area contributed by atoms with Crippen molar-refractivity contribution in [3.63, 3.8) is 0 Å². The largest absolute Gasteiger partial charge is 0.332 e. The summed E-state index contributed by atoms with van der Waals surface area (Å²) in [5, 5.41) is 0. The molecule has 0 aliphatic heterocycles. The van der Waals surface area contributed by atoms with E-state index in [1.165, 1.54) is 0 Å². The summed E-state index contributed by atoms with van der Waals surface area (Å²) in [5.41, 5.74) is 7.11. The standard InChI is InChI=1S/C11H17N3/c1-4-5-6-14-8-13-7-10(14)11(12)9(2)3/h1,7-9,11H,5-6,12H2,2-3H3. The molecule has 1 rings (SSSR count). The lowest BCUT2D eigenvalue weighted by Crippen LogP contribution is -2.20. The molecular weight excluding hydrogens is 174 g/mol. The Hall–Kier alpha value is -1.27. The Bertz CT molecular complexity index is 320. The van der Waals surface area contributed by atoms with Crippen LogP contribution < -0.4 is 5.73 Å². The van der Waals surface area contributed by atoms with Crippen molar-refractivity contribution in [3.8, 4) is 12.3 Å². The molecule has 1 aromatic rings. The van der Waals surface area contributed by atoms with Crippen molar-refractivity contribution in [3.05, 3.63) is 18.2 Å². The number of terminal acetylenes is 1. The normalized spacial score (nSPS) is 12.8. The van der Waals surface area contributed by atoms with E-state index in [2.05, 4.69) is 24.8 Å². The fraction of sp³-hybridized carbons (Fsp3) is 0.545. The first-order valence-corrected chi connectivity index (χ1v) is 4.86. The Labute approximate surface area is 85.3 Å². The van der Waals surface area contributed by atoms with E-state index in [-0.39, 0.29) is 6.04 Å². The quantitative estimate of drug-likeness (QED) is 0.734. The fourth-order valence-electron chi connectivity index (χ4n) is 1.32. The number of hydrogen-bond acceptors (Lipinski definition) is 2. The number of aryl methyl sites for hydroxylation is 1. The van der Waals surface area contributed by atoms with Gasteiger partial charge in [-0.3, -0.25) is 0 Å². The van der Waals surface area contributed by atoms with Crippen LogP contribution in [0.1, 0.15) is 32.0 Å². The highest BCUT2D eigenvalue weighted by Crippen LogP contribution is 2.18. The smallest absolute Gasteiger partial charge is 0.0948 e. The maximum atomic E-state index is 6.04. The third-order valence-electron chi connectivity index (χ3n) is 2.30. The summed E-state index contributed by atoms with van der Waals surface area (Å²) in [7, 11) is 0. The third kappa shape index (κ3) is 2.36. The minimum Gasteiger partial charge on any atom is -0.332 e. The number of hydrogen-bond donors (Lipinski definition) is 1. The molecular formula is C11H17N3. The molecule has 0 spiro atoms. The van der Waals surface area contributed by atoms with Crippen LogP contribution in [0.2, 0.25) is 0 Å². The number of imidazole rings is 1. The molecule has 0 saturated carbocycles. The van der Waals surface area contributed by atoms with Gasteiger partial charge in [-0.25, -0.2) is 4.98 Å². The maximum Gasteiger partial charge on any atom is 0.0948 e. The lowest BCUT2D eigenvalue weighted by Gasteiger charge is -2.17. The van der Waals surface area contributed by atoms with Crippen molar-refractivity contribution in [2.24, 2.45) is 11.7 Å². The third-order valence-corrected chi connectivity index (χ3v) is 2.30. The van der Waals surface area contributed by atoms with Crippen molar-refractivity contribution in [2.45, 2.75) is 32.9 Å². The summed E-state index contributed by atoms with van der Waals surface area (Å²) in [6.07, 6.45) is 9.54. The van der Waals surface area contributed by atoms with Crippen LogP contribution in [0.15, 0.2) is 12.5 Å². The van der Waals surface area contributed by atoms with Gasteiger partial charge in [-0.1, -0.05) is 13.8 Å². The van der Waals surface area contributed by atoms with Crippen LogP contribution in [0.3, 0.4) is 0 Å². The monoisotopic (exact) mass is 191 g/mol. The molecule has 0 fully saturated rings. The van der Waals surface area contributed by atoms with E-state index in [9.17, 15) is 0 Å². The molecule has 1 unspecified atom stereocenters. The molecule has 3 nitrogen and oxygen atoms in total. The van der Waals surface area contributed by atoms with Crippen molar-refractivity contribution in [1.82, 2.24) is 9.55 Å². The molecule has 0 bridgehead atoms. The van der Waals surface area contributed by atoms with Crippen LogP contribution in [0.25, 0.3) is 0 Å². The second-order valence-electron chi connectivity index (χ2n) is 3.74. The second-order valence-corrected chi connectivity index (χ2v) is 3.74. The first-order valence-electron chi connectivity index (χ1n) is 4.86. The molecule has 1 atom stereocenters. The first kappa shape index (κ1) is 10.8. The molecule has 0 aliphatic carbocycles. The maximum absolute atomic E-state index is 6.04. The van der Waals surface area contributed by atoms with E-state index in [0.29, 0.717) is 12.3 Å². The summed E-state index contributed by atoms with van der Waals surface area (Å²) < 4.78 is 2.03. The predicted molar refractivity (Wildman–Crippen MR) is 57.4 cm³/mol. The number of aromatic nitrogens is 2. The Balaban J connectivity index is 2.77. The molecule has 76 valence electrons. The zero-order chi connectivity index (χ0) is 10.6. The van der Waals surface area contributed by atoms with Gasteiger partial charge in [0.05, 0.1) is 12.0 Å². The molecule has 0 saturated heterocycles. The van der Waals surface area contributed by atoms with Gasteiger partial charge in [0.25, 0.3) is 0 Å². The molecule has 0 aromatic carbocycles. The van der Waals surface area contributed by atoms with Crippen molar-refractivity contribution >= 4 is 0 Å². The zero-order valence-electron chi connectivity index (χ0n) is 8.77. The second kappa shape index (κ2) is 4.83. The highest BCUT2D eigenvalue weighted by molar-refractivity contribution is 5.06. The summed E-state index contributed by atoms with van der Waals surface area (Å²) >= 11 is 0. The molecule has 1 aromatic heterocycles. The van der Waals surface area contributed by atoms with Crippen molar-refractivity contribution < 1.29 is 0 Å². The van der Waals surface area contributed by atoms with Crippen LogP contribution >= 0.6 is 0 Å². The first-order chi connectivity index (χ1) is 6.66. The van der Waals surface area contributed by atoms with Gasteiger partial charge in [0, 0.05) is 25.2 Å². The molecule has 2 N–H and O–H groups in total. The van der Waals surface area contributed by atoms with Gasteiger partial charge < -0.3 is 10.3 Å². The summed E-state index contributed by atoms with van der Waals surface area (Å²) in [5.74, 6) is 3.03. The number of nitrogens with two attached hydrogens (primary N) is 1. The van der Waals surface area contributed by atoms with Gasteiger partial charge in [-0.05, 0) is 5.92 Å². The van der Waals surface area contributed by atoms with E-state index in [4.69, 9.17) is 12.2 Å². The number of rotatable bonds is 4. The van der Waals surface area contributed by atoms with E-state index >= 15 is 0 Å². The highest BCUT2D eigenvalue weighted by Gasteiger charge is 2.14. The van der Waals surface area contributed by atoms with E-state index in [1.807, 2.05) is 10.8 Å². The SMILES string of the molecule is C#CCCn1cncc1C(N)C(C)C. The Morgan fingerprint density at radius 1 is 1.64 bits per heavy atom. The lowest BCUT2D eigenvalue weighted by atomic mass is 10.0. The Morgan fingerprint density at radius 2 is 2.36 bits per heavy atom. The molecule has 14 heavy (non-hydrogen) atoms. The Morgan fingerprint density at radius 3 is 2.93 bits per heavy atom. The Kier molecular flexibility index (Phi) is 3.73. The average Bonchev–Trinajstić information content (AvgIpc) is 2.61. The molecule has 0 radical (unpaired) electrons. The highest BCUT2D eigenvalue weighted by atomic mass is 15.1. The van der Waals surface area contributed by atoms with Crippen LogP contribution in [0.4, 0.5) is 0 Å². The summed E-state index contributed by atoms with van der Waals surface area (Å²) in [4.78, 5) is 4.09. The molecule has 1 heterocycles. The predicted octanol–water partition coefficient (Wildman–Crippen LogP) is 1.56. The van der Waals surface area contributed by atoms with Crippen LogP contribution in [0.5, 0.6) is 0 Å². The molecule has 0 aliphatic rings. The van der Waals surface area contributed by atoms with E-state index in [0.717, 1.165) is 12.2 Å². The molecule has 3 heteroatoms. The van der Waals surface area contributed by atoms with Gasteiger partial charge in [0.1, 0.15) is 0 Å². The van der Waals surface area contributed by atoms with Crippen molar-refractivity contribution in [2.75, 3.05) is 0 Å². The van der Waals surface area contributed by atoms with Gasteiger partial charge >= 0.3 is 0 Å². The average molecular weight is 191 g/mol. The van der Waals surface area contributed by atoms with Crippen LogP contribution in [-0.2, 0) is 6.54 Å². The topological polar surface area (TPSA) is 43.8 Å². The van der Waals surface area contributed by atoms with E-state index < -0.39 is 0 Å². The van der Waals surface area contributed by atoms with Gasteiger partial charge in [0.15, 0.2) is 0 Å². The molecule has 0 amide bonds. The van der Waals surface area contributed by atoms with Crippen molar-refractivity contribution in [1.29, 1.82) is 0 Å². The lowest BCUT2D eigenvalue weighted by molar-refractivity contribution is 0.479. The number of nitrogens with zero attached hydrogens (tertiary/aromatic N) is 2. The summed E-state index contributed by atoms with van der Waals surface area (Å²) in [6.45, 7) is 5.00. The van der Waals surface area contributed by atoms with E-state index in [1.54, 1.807) is 6.33 Å².